The smallest absolute Gasteiger partial charge is 0.242 e. The van der Waals surface area contributed by atoms with E-state index in [2.05, 4.69) is 0 Å². The number of hydrogen-bond acceptors (Lipinski definition) is 4. The molecular weight excluding hydrogens is 427 g/mol. The van der Waals surface area contributed by atoms with Gasteiger partial charge in [0, 0.05) is 37.6 Å². The molecule has 1 aromatic carbocycles. The van der Waals surface area contributed by atoms with Crippen LogP contribution in [0.25, 0.3) is 0 Å². The molecule has 0 aliphatic heterocycles. The van der Waals surface area contributed by atoms with Crippen LogP contribution in [0.5, 0.6) is 0 Å². The number of rotatable bonds is 11. The molecule has 1 fully saturated rings. The number of benzene rings is 1. The number of halogens is 1. The van der Waals surface area contributed by atoms with Gasteiger partial charge in [0.2, 0.25) is 11.8 Å². The second-order valence-electron chi connectivity index (χ2n) is 8.40. The minimum absolute atomic E-state index is 0.0157. The zero-order chi connectivity index (χ0) is 22.8. The minimum atomic E-state index is -0.299. The van der Waals surface area contributed by atoms with Gasteiger partial charge in [-0.15, -0.1) is 11.3 Å². The molecule has 0 atom stereocenters. The average molecular weight is 461 g/mol. The number of carbonyl (C=O) groups is 2. The molecule has 0 saturated heterocycles. The van der Waals surface area contributed by atoms with Crippen LogP contribution in [0.4, 0.5) is 4.39 Å². The van der Waals surface area contributed by atoms with E-state index in [-0.39, 0.29) is 30.1 Å². The van der Waals surface area contributed by atoms with Gasteiger partial charge in [0.15, 0.2) is 0 Å². The van der Waals surface area contributed by atoms with Gasteiger partial charge in [-0.2, -0.15) is 0 Å². The molecule has 5 nitrogen and oxygen atoms in total. The summed E-state index contributed by atoms with van der Waals surface area (Å²) in [5.41, 5.74) is 0.862. The molecule has 0 N–H and O–H groups in total. The molecule has 0 bridgehead atoms. The molecule has 0 unspecified atom stereocenters. The van der Waals surface area contributed by atoms with Crippen molar-refractivity contribution in [3.8, 4) is 0 Å². The Labute approximate surface area is 194 Å². The fourth-order valence-electron chi connectivity index (χ4n) is 4.17. The fraction of sp³-hybridized carbons (Fsp3) is 0.520. The van der Waals surface area contributed by atoms with Crippen LogP contribution in [0.1, 0.15) is 49.0 Å². The van der Waals surface area contributed by atoms with Gasteiger partial charge in [-0.05, 0) is 48.4 Å². The van der Waals surface area contributed by atoms with Crippen LogP contribution < -0.4 is 0 Å². The van der Waals surface area contributed by atoms with Crippen molar-refractivity contribution in [2.75, 3.05) is 26.8 Å². The summed E-state index contributed by atoms with van der Waals surface area (Å²) in [6.45, 7) is 1.97. The van der Waals surface area contributed by atoms with Crippen LogP contribution >= 0.6 is 11.3 Å². The van der Waals surface area contributed by atoms with Crippen molar-refractivity contribution in [3.05, 3.63) is 58.0 Å². The van der Waals surface area contributed by atoms with E-state index in [0.29, 0.717) is 32.7 Å². The topological polar surface area (TPSA) is 49.9 Å². The van der Waals surface area contributed by atoms with Gasteiger partial charge >= 0.3 is 0 Å². The number of ether oxygens (including phenoxy) is 1. The highest BCUT2D eigenvalue weighted by Gasteiger charge is 2.28. The molecule has 1 aromatic heterocycles. The molecule has 1 aliphatic rings. The van der Waals surface area contributed by atoms with Crippen molar-refractivity contribution in [1.82, 2.24) is 9.80 Å². The van der Waals surface area contributed by atoms with Crippen LogP contribution in [0.15, 0.2) is 41.8 Å². The van der Waals surface area contributed by atoms with Crippen molar-refractivity contribution in [2.45, 2.75) is 51.6 Å². The monoisotopic (exact) mass is 460 g/mol. The fourth-order valence-corrected chi connectivity index (χ4v) is 4.89. The Morgan fingerprint density at radius 1 is 1.06 bits per heavy atom. The van der Waals surface area contributed by atoms with Crippen LogP contribution in [-0.2, 0) is 27.4 Å². The molecule has 1 aliphatic carbocycles. The van der Waals surface area contributed by atoms with Crippen molar-refractivity contribution in [3.63, 3.8) is 0 Å². The average Bonchev–Trinajstić information content (AvgIpc) is 3.33. The predicted molar refractivity (Wildman–Crippen MR) is 125 cm³/mol. The van der Waals surface area contributed by atoms with Crippen LogP contribution in [0.3, 0.4) is 0 Å². The van der Waals surface area contributed by atoms with Crippen LogP contribution in [0, 0.1) is 11.7 Å². The van der Waals surface area contributed by atoms with Gasteiger partial charge in [-0.1, -0.05) is 37.5 Å². The largest absolute Gasteiger partial charge is 0.385 e. The third-order valence-electron chi connectivity index (χ3n) is 5.93. The second kappa shape index (κ2) is 12.7. The Kier molecular flexibility index (Phi) is 9.68. The quantitative estimate of drug-likeness (QED) is 0.450. The van der Waals surface area contributed by atoms with Crippen molar-refractivity contribution in [2.24, 2.45) is 5.92 Å². The van der Waals surface area contributed by atoms with E-state index in [0.717, 1.165) is 36.1 Å². The predicted octanol–water partition coefficient (Wildman–Crippen LogP) is 4.86. The zero-order valence-electron chi connectivity index (χ0n) is 18.8. The standard InChI is InChI=1S/C25H33FN2O3S/c1-31-15-6-14-27(25(30)21-7-3-2-4-8-21)19-24(29)28(18-23-9-5-16-32-23)17-20-10-12-22(26)13-11-20/h5,9-13,16,21H,2-4,6-8,14-15,17-19H2,1H3. The van der Waals surface area contributed by atoms with Gasteiger partial charge < -0.3 is 14.5 Å². The first-order chi connectivity index (χ1) is 15.6. The molecule has 2 aromatic rings. The maximum Gasteiger partial charge on any atom is 0.242 e. The summed E-state index contributed by atoms with van der Waals surface area (Å²) in [6.07, 6.45) is 5.84. The number of methoxy groups -OCH3 is 1. The number of thiophene rings is 1. The molecule has 32 heavy (non-hydrogen) atoms. The molecular formula is C25H33FN2O3S. The SMILES string of the molecule is COCCCN(CC(=O)N(Cc1ccc(F)cc1)Cc1cccs1)C(=O)C1CCCCC1. The first-order valence-corrected chi connectivity index (χ1v) is 12.3. The Balaban J connectivity index is 1.72. The summed E-state index contributed by atoms with van der Waals surface area (Å²) >= 11 is 1.60. The maximum atomic E-state index is 13.4. The Bertz CT molecular complexity index is 835. The lowest BCUT2D eigenvalue weighted by molar-refractivity contribution is -0.144. The van der Waals surface area contributed by atoms with Gasteiger partial charge in [0.05, 0.1) is 13.1 Å². The Morgan fingerprint density at radius 3 is 2.47 bits per heavy atom. The van der Waals surface area contributed by atoms with E-state index in [1.54, 1.807) is 40.4 Å². The lowest BCUT2D eigenvalue weighted by Gasteiger charge is -2.31. The van der Waals surface area contributed by atoms with Gasteiger partial charge in [0.1, 0.15) is 5.82 Å². The van der Waals surface area contributed by atoms with E-state index < -0.39 is 0 Å². The first-order valence-electron chi connectivity index (χ1n) is 11.4. The van der Waals surface area contributed by atoms with Gasteiger partial charge in [-0.3, -0.25) is 9.59 Å². The van der Waals surface area contributed by atoms with Crippen molar-refractivity contribution < 1.29 is 18.7 Å². The van der Waals surface area contributed by atoms with E-state index in [1.165, 1.54) is 18.6 Å². The molecule has 2 amide bonds. The molecule has 1 heterocycles. The molecule has 0 radical (unpaired) electrons. The third kappa shape index (κ3) is 7.41. The van der Waals surface area contributed by atoms with E-state index >= 15 is 0 Å². The van der Waals surface area contributed by atoms with Gasteiger partial charge in [0.25, 0.3) is 0 Å². The highest BCUT2D eigenvalue weighted by molar-refractivity contribution is 7.09. The second-order valence-corrected chi connectivity index (χ2v) is 9.43. The molecule has 174 valence electrons. The van der Waals surface area contributed by atoms with Crippen LogP contribution in [0.2, 0.25) is 0 Å². The number of hydrogen-bond donors (Lipinski definition) is 0. The van der Waals surface area contributed by atoms with Gasteiger partial charge in [-0.25, -0.2) is 4.39 Å². The summed E-state index contributed by atoms with van der Waals surface area (Å²) in [5, 5.41) is 1.99. The summed E-state index contributed by atoms with van der Waals surface area (Å²) in [6, 6.07) is 10.2. The molecule has 1 saturated carbocycles. The van der Waals surface area contributed by atoms with Crippen molar-refractivity contribution in [1.29, 1.82) is 0 Å². The van der Waals surface area contributed by atoms with E-state index in [1.807, 2.05) is 17.5 Å². The number of amides is 2. The third-order valence-corrected chi connectivity index (χ3v) is 6.80. The number of nitrogens with zero attached hydrogens (tertiary/aromatic N) is 2. The maximum absolute atomic E-state index is 13.4. The zero-order valence-corrected chi connectivity index (χ0v) is 19.6. The number of carbonyl (C=O) groups excluding carboxylic acids is 2. The van der Waals surface area contributed by atoms with E-state index in [9.17, 15) is 14.0 Å². The Hall–Kier alpha value is -2.25. The molecule has 3 rings (SSSR count). The lowest BCUT2D eigenvalue weighted by atomic mass is 9.88. The summed E-state index contributed by atoms with van der Waals surface area (Å²) in [5.74, 6) is -0.287. The Morgan fingerprint density at radius 2 is 1.81 bits per heavy atom. The van der Waals surface area contributed by atoms with E-state index in [4.69, 9.17) is 4.74 Å². The molecule has 7 heteroatoms. The summed E-state index contributed by atoms with van der Waals surface area (Å²) < 4.78 is 18.5. The highest BCUT2D eigenvalue weighted by Crippen LogP contribution is 2.26. The summed E-state index contributed by atoms with van der Waals surface area (Å²) in [7, 11) is 1.64. The minimum Gasteiger partial charge on any atom is -0.385 e. The first kappa shape index (κ1) is 24.4. The molecule has 0 spiro atoms. The lowest BCUT2D eigenvalue weighted by Crippen LogP contribution is -2.45. The van der Waals surface area contributed by atoms with Crippen LogP contribution in [-0.4, -0.2) is 48.4 Å². The highest BCUT2D eigenvalue weighted by atomic mass is 32.1. The summed E-state index contributed by atoms with van der Waals surface area (Å²) in [4.78, 5) is 31.2. The van der Waals surface area contributed by atoms with Crippen molar-refractivity contribution >= 4 is 23.2 Å². The normalized spacial score (nSPS) is 14.3.